The molecule has 0 unspecified atom stereocenters. The minimum atomic E-state index is -0.265. The Kier molecular flexibility index (Phi) is 8.38. The lowest BCUT2D eigenvalue weighted by Gasteiger charge is -2.16. The van der Waals surface area contributed by atoms with Crippen molar-refractivity contribution < 1.29 is 13.9 Å². The van der Waals surface area contributed by atoms with E-state index in [1.54, 1.807) is 17.7 Å². The lowest BCUT2D eigenvalue weighted by Crippen LogP contribution is -2.16. The van der Waals surface area contributed by atoms with Gasteiger partial charge in [0, 0.05) is 6.54 Å². The highest BCUT2D eigenvalue weighted by atomic mass is 35.5. The van der Waals surface area contributed by atoms with Crippen molar-refractivity contribution in [2.75, 3.05) is 13.2 Å². The summed E-state index contributed by atoms with van der Waals surface area (Å²) in [6.07, 6.45) is 8.60. The minimum absolute atomic E-state index is 0.265. The first-order valence-corrected chi connectivity index (χ1v) is 10.7. The third-order valence-electron chi connectivity index (χ3n) is 5.00. The average Bonchev–Trinajstić information content (AvgIpc) is 2.73. The van der Waals surface area contributed by atoms with E-state index in [1.165, 1.54) is 37.8 Å². The Bertz CT molecular complexity index is 820. The number of ether oxygens (including phenoxy) is 2. The van der Waals surface area contributed by atoms with Crippen LogP contribution in [0, 0.1) is 5.82 Å². The highest BCUT2D eigenvalue weighted by molar-refractivity contribution is 6.32. The van der Waals surface area contributed by atoms with E-state index in [-0.39, 0.29) is 5.82 Å². The van der Waals surface area contributed by atoms with Crippen LogP contribution in [0.15, 0.2) is 48.0 Å². The molecule has 0 aromatic heterocycles. The van der Waals surface area contributed by atoms with E-state index >= 15 is 0 Å². The molecule has 29 heavy (non-hydrogen) atoms. The Balaban J connectivity index is 1.59. The number of hydrogen-bond donors (Lipinski definition) is 1. The van der Waals surface area contributed by atoms with Gasteiger partial charge in [0.2, 0.25) is 0 Å². The third kappa shape index (κ3) is 6.76. The van der Waals surface area contributed by atoms with Crippen molar-refractivity contribution in [3.63, 3.8) is 0 Å². The molecule has 3 rings (SSSR count). The quantitative estimate of drug-likeness (QED) is 0.356. The largest absolute Gasteiger partial charge is 0.490 e. The molecule has 2 aromatic rings. The molecule has 3 nitrogen and oxygen atoms in total. The molecule has 0 saturated heterocycles. The molecular formula is C24H29ClFNO2. The molecule has 0 aliphatic heterocycles. The fourth-order valence-electron chi connectivity index (χ4n) is 3.48. The SMILES string of the molecule is CCOc1cc(CNCCC2=CCCCC2)cc(Cl)c1OCc1ccc(F)cc1. The van der Waals surface area contributed by atoms with Gasteiger partial charge in [-0.1, -0.05) is 35.4 Å². The summed E-state index contributed by atoms with van der Waals surface area (Å²) < 4.78 is 24.7. The number of nitrogens with one attached hydrogen (secondary N) is 1. The van der Waals surface area contributed by atoms with Crippen LogP contribution in [0.1, 0.15) is 50.2 Å². The average molecular weight is 418 g/mol. The van der Waals surface area contributed by atoms with E-state index in [1.807, 2.05) is 19.1 Å². The Morgan fingerprint density at radius 2 is 1.90 bits per heavy atom. The Morgan fingerprint density at radius 3 is 2.62 bits per heavy atom. The normalized spacial score (nSPS) is 13.8. The summed E-state index contributed by atoms with van der Waals surface area (Å²) in [7, 11) is 0. The maximum atomic E-state index is 13.1. The van der Waals surface area contributed by atoms with Crippen molar-refractivity contribution in [2.24, 2.45) is 0 Å². The van der Waals surface area contributed by atoms with Crippen LogP contribution < -0.4 is 14.8 Å². The zero-order valence-corrected chi connectivity index (χ0v) is 17.7. The molecule has 156 valence electrons. The summed E-state index contributed by atoms with van der Waals surface area (Å²) in [5.41, 5.74) is 3.50. The van der Waals surface area contributed by atoms with E-state index in [2.05, 4.69) is 11.4 Å². The number of benzene rings is 2. The van der Waals surface area contributed by atoms with Gasteiger partial charge in [0.25, 0.3) is 0 Å². The molecule has 5 heteroatoms. The van der Waals surface area contributed by atoms with Crippen LogP contribution in [-0.4, -0.2) is 13.2 Å². The Hall–Kier alpha value is -2.04. The Labute approximate surface area is 177 Å². The van der Waals surface area contributed by atoms with Crippen molar-refractivity contribution in [2.45, 2.75) is 52.2 Å². The zero-order chi connectivity index (χ0) is 20.5. The van der Waals surface area contributed by atoms with E-state index in [0.717, 1.165) is 30.6 Å². The standard InChI is InChI=1S/C24H29ClFNO2/c1-2-28-23-15-20(16-27-13-12-18-6-4-3-5-7-18)14-22(25)24(23)29-17-19-8-10-21(26)11-9-19/h6,8-11,14-15,27H,2-5,7,12-13,16-17H2,1H3. The van der Waals surface area contributed by atoms with Gasteiger partial charge in [-0.15, -0.1) is 0 Å². The van der Waals surface area contributed by atoms with Crippen LogP contribution >= 0.6 is 11.6 Å². The second kappa shape index (κ2) is 11.2. The second-order valence-corrected chi connectivity index (χ2v) is 7.70. The Morgan fingerprint density at radius 1 is 1.07 bits per heavy atom. The fraction of sp³-hybridized carbons (Fsp3) is 0.417. The molecule has 2 aromatic carbocycles. The van der Waals surface area contributed by atoms with Crippen molar-refractivity contribution in [3.8, 4) is 11.5 Å². The highest BCUT2D eigenvalue weighted by Gasteiger charge is 2.13. The lowest BCUT2D eigenvalue weighted by molar-refractivity contribution is 0.269. The molecule has 0 amide bonds. The van der Waals surface area contributed by atoms with Crippen molar-refractivity contribution in [1.82, 2.24) is 5.32 Å². The molecule has 1 aliphatic carbocycles. The van der Waals surface area contributed by atoms with Gasteiger partial charge in [0.1, 0.15) is 12.4 Å². The molecule has 1 aliphatic rings. The maximum absolute atomic E-state index is 13.1. The van der Waals surface area contributed by atoms with Gasteiger partial charge in [-0.05, 0) is 81.0 Å². The maximum Gasteiger partial charge on any atom is 0.180 e. The summed E-state index contributed by atoms with van der Waals surface area (Å²) in [6, 6.07) is 10.1. The summed E-state index contributed by atoms with van der Waals surface area (Å²) >= 11 is 6.49. The van der Waals surface area contributed by atoms with E-state index in [9.17, 15) is 4.39 Å². The summed E-state index contributed by atoms with van der Waals surface area (Å²) in [4.78, 5) is 0. The number of halogens is 2. The first kappa shape index (κ1) is 21.7. The third-order valence-corrected chi connectivity index (χ3v) is 5.28. The summed E-state index contributed by atoms with van der Waals surface area (Å²) in [5.74, 6) is 0.890. The van der Waals surface area contributed by atoms with Crippen LogP contribution in [0.5, 0.6) is 11.5 Å². The van der Waals surface area contributed by atoms with E-state index < -0.39 is 0 Å². The van der Waals surface area contributed by atoms with Gasteiger partial charge in [0.05, 0.1) is 11.6 Å². The van der Waals surface area contributed by atoms with Crippen LogP contribution in [0.3, 0.4) is 0 Å². The number of allylic oxidation sites excluding steroid dienone is 1. The van der Waals surface area contributed by atoms with E-state index in [4.69, 9.17) is 21.1 Å². The predicted molar refractivity (Wildman–Crippen MR) is 116 cm³/mol. The second-order valence-electron chi connectivity index (χ2n) is 7.29. The molecule has 0 atom stereocenters. The van der Waals surface area contributed by atoms with Crippen LogP contribution in [-0.2, 0) is 13.2 Å². The molecule has 0 bridgehead atoms. The predicted octanol–water partition coefficient (Wildman–Crippen LogP) is 6.44. The van der Waals surface area contributed by atoms with E-state index in [0.29, 0.717) is 29.7 Å². The molecule has 1 N–H and O–H groups in total. The molecule has 0 spiro atoms. The fourth-order valence-corrected chi connectivity index (χ4v) is 3.76. The smallest absolute Gasteiger partial charge is 0.180 e. The molecular weight excluding hydrogens is 389 g/mol. The van der Waals surface area contributed by atoms with Gasteiger partial charge in [-0.25, -0.2) is 4.39 Å². The molecule has 0 heterocycles. The number of rotatable bonds is 10. The van der Waals surface area contributed by atoms with Crippen molar-refractivity contribution >= 4 is 11.6 Å². The van der Waals surface area contributed by atoms with Crippen LogP contribution in [0.2, 0.25) is 5.02 Å². The van der Waals surface area contributed by atoms with Crippen molar-refractivity contribution in [3.05, 3.63) is 70.0 Å². The van der Waals surface area contributed by atoms with Crippen LogP contribution in [0.4, 0.5) is 4.39 Å². The zero-order valence-electron chi connectivity index (χ0n) is 17.0. The molecule has 0 fully saturated rings. The summed E-state index contributed by atoms with van der Waals surface area (Å²) in [5, 5.41) is 4.02. The highest BCUT2D eigenvalue weighted by Crippen LogP contribution is 2.37. The monoisotopic (exact) mass is 417 g/mol. The first-order chi connectivity index (χ1) is 14.2. The first-order valence-electron chi connectivity index (χ1n) is 10.4. The van der Waals surface area contributed by atoms with Gasteiger partial charge in [0.15, 0.2) is 11.5 Å². The number of hydrogen-bond acceptors (Lipinski definition) is 3. The van der Waals surface area contributed by atoms with Crippen LogP contribution in [0.25, 0.3) is 0 Å². The van der Waals surface area contributed by atoms with Gasteiger partial charge in [-0.3, -0.25) is 0 Å². The lowest BCUT2D eigenvalue weighted by atomic mass is 9.97. The van der Waals surface area contributed by atoms with Gasteiger partial charge < -0.3 is 14.8 Å². The van der Waals surface area contributed by atoms with Gasteiger partial charge in [-0.2, -0.15) is 0 Å². The topological polar surface area (TPSA) is 30.5 Å². The molecule has 0 saturated carbocycles. The molecule has 0 radical (unpaired) electrons. The van der Waals surface area contributed by atoms with Crippen molar-refractivity contribution in [1.29, 1.82) is 0 Å². The summed E-state index contributed by atoms with van der Waals surface area (Å²) in [6.45, 7) is 4.43. The minimum Gasteiger partial charge on any atom is -0.490 e. The van der Waals surface area contributed by atoms with Gasteiger partial charge >= 0.3 is 0 Å².